The van der Waals surface area contributed by atoms with Gasteiger partial charge in [0.2, 0.25) is 11.4 Å². The number of ketones is 3. The second kappa shape index (κ2) is 12.8. The van der Waals surface area contributed by atoms with Gasteiger partial charge >= 0.3 is 11.9 Å². The molecule has 0 aromatic carbocycles. The molecule has 0 saturated heterocycles. The van der Waals surface area contributed by atoms with Crippen LogP contribution >= 0.6 is 0 Å². The fourth-order valence-electron chi connectivity index (χ4n) is 1.59. The molecule has 0 radical (unpaired) electrons. The summed E-state index contributed by atoms with van der Waals surface area (Å²) < 4.78 is 8.90. The molecule has 0 aliphatic carbocycles. The van der Waals surface area contributed by atoms with Crippen LogP contribution in [0.2, 0.25) is 0 Å². The molecule has 12 nitrogen and oxygen atoms in total. The Balaban J connectivity index is 0. The van der Waals surface area contributed by atoms with Crippen molar-refractivity contribution in [2.75, 3.05) is 6.61 Å². The van der Waals surface area contributed by atoms with Gasteiger partial charge in [0.1, 0.15) is 18.3 Å². The van der Waals surface area contributed by atoms with Crippen LogP contribution in [0.25, 0.3) is 0 Å². The molecule has 4 atom stereocenters. The normalized spacial score (nSPS) is 14.8. The summed E-state index contributed by atoms with van der Waals surface area (Å²) in [5.41, 5.74) is -1.61. The van der Waals surface area contributed by atoms with Crippen LogP contribution in [-0.4, -0.2) is 92.6 Å². The van der Waals surface area contributed by atoms with Gasteiger partial charge in [-0.1, -0.05) is 0 Å². The maximum atomic E-state index is 10.9. The van der Waals surface area contributed by atoms with Crippen molar-refractivity contribution < 1.29 is 58.7 Å². The lowest BCUT2D eigenvalue weighted by Gasteiger charge is -2.25. The maximum Gasteiger partial charge on any atom is 0.375 e. The number of carbonyl (C=O) groups excluding carboxylic acids is 6. The molecule has 4 N–H and O–H groups in total. The topological polar surface area (TPSA) is 202 Å². The van der Waals surface area contributed by atoms with Crippen LogP contribution in [0, 0.1) is 0 Å². The zero-order valence-electron chi connectivity index (χ0n) is 16.6. The molecule has 0 bridgehead atoms. The zero-order chi connectivity index (χ0) is 23.5. The third-order valence-corrected chi connectivity index (χ3v) is 3.62. The van der Waals surface area contributed by atoms with E-state index in [1.807, 2.05) is 0 Å². The van der Waals surface area contributed by atoms with Crippen molar-refractivity contribution in [3.05, 3.63) is 0 Å². The van der Waals surface area contributed by atoms with Gasteiger partial charge in [-0.2, -0.15) is 0 Å². The molecule has 12 heteroatoms. The molecule has 0 saturated carbocycles. The lowest BCUT2D eigenvalue weighted by Crippen LogP contribution is -2.48. The van der Waals surface area contributed by atoms with Gasteiger partial charge in [0.25, 0.3) is 0 Å². The first kappa shape index (κ1) is 28.7. The number of carbonyl (C=O) groups is 6. The molecular weight excluding hydrogens is 396 g/mol. The monoisotopic (exact) mass is 422 g/mol. The van der Waals surface area contributed by atoms with Gasteiger partial charge in [-0.15, -0.1) is 0 Å². The van der Waals surface area contributed by atoms with E-state index in [2.05, 4.69) is 9.47 Å². The molecule has 0 unspecified atom stereocenters. The number of Topliss-reactive ketones (excluding diaryl/α,β-unsaturated/α-hetero) is 3. The lowest BCUT2D eigenvalue weighted by atomic mass is 9.97. The molecular formula is C17H26O12. The number of hydrogen-bond donors (Lipinski definition) is 4. The molecule has 0 aromatic heterocycles. The largest absolute Gasteiger partial charge is 0.446 e. The summed E-state index contributed by atoms with van der Waals surface area (Å²) in [4.78, 5) is 64.3. The Bertz CT molecular complexity index is 612. The first-order chi connectivity index (χ1) is 13.1. The van der Waals surface area contributed by atoms with Crippen molar-refractivity contribution in [2.24, 2.45) is 0 Å². The summed E-state index contributed by atoms with van der Waals surface area (Å²) in [6, 6.07) is 0. The second-order valence-electron chi connectivity index (χ2n) is 6.03. The van der Waals surface area contributed by atoms with Crippen LogP contribution in [0.1, 0.15) is 34.6 Å². The van der Waals surface area contributed by atoms with Gasteiger partial charge in [-0.3, -0.25) is 24.0 Å². The van der Waals surface area contributed by atoms with E-state index in [9.17, 15) is 39.0 Å². The van der Waals surface area contributed by atoms with Gasteiger partial charge in [0, 0.05) is 13.8 Å². The predicted molar refractivity (Wildman–Crippen MR) is 93.3 cm³/mol. The number of hydrogen-bond acceptors (Lipinski definition) is 12. The minimum atomic E-state index is -1.95. The van der Waals surface area contributed by atoms with E-state index in [4.69, 9.17) is 10.2 Å². The standard InChI is InChI=1S/C9H14O8.C8H12O4/c1-4(12)9(16)17-6(3-11)8(15)7(14)5(13)2-10;1-5(9)8(4,6(2)10)12-7(3)11/h3,5-8,10,13-15H,2H2,1H3;1-4H3/t5-,6+,7-,8-;/m1./s1. The smallest absolute Gasteiger partial charge is 0.375 e. The Kier molecular flexibility index (Phi) is 12.7. The molecule has 0 amide bonds. The summed E-state index contributed by atoms with van der Waals surface area (Å²) in [7, 11) is 0. The fraction of sp³-hybridized carbons (Fsp3) is 0.647. The molecule has 0 rings (SSSR count). The van der Waals surface area contributed by atoms with Crippen molar-refractivity contribution in [3.63, 3.8) is 0 Å². The van der Waals surface area contributed by atoms with E-state index < -0.39 is 65.9 Å². The number of aldehydes is 1. The Morgan fingerprint density at radius 3 is 1.62 bits per heavy atom. The first-order valence-electron chi connectivity index (χ1n) is 8.19. The zero-order valence-corrected chi connectivity index (χ0v) is 16.6. The number of aliphatic hydroxyl groups is 4. The number of aliphatic hydroxyl groups excluding tert-OH is 4. The van der Waals surface area contributed by atoms with Gasteiger partial charge in [0.15, 0.2) is 24.0 Å². The van der Waals surface area contributed by atoms with Crippen LogP contribution in [0.3, 0.4) is 0 Å². The predicted octanol–water partition coefficient (Wildman–Crippen LogP) is -2.75. The van der Waals surface area contributed by atoms with Crippen molar-refractivity contribution in [2.45, 2.75) is 64.6 Å². The highest BCUT2D eigenvalue weighted by Gasteiger charge is 2.38. The Morgan fingerprint density at radius 1 is 0.931 bits per heavy atom. The third kappa shape index (κ3) is 9.47. The highest BCUT2D eigenvalue weighted by molar-refractivity contribution is 6.32. The number of rotatable bonds is 10. The Morgan fingerprint density at radius 2 is 1.38 bits per heavy atom. The van der Waals surface area contributed by atoms with Crippen LogP contribution in [0.5, 0.6) is 0 Å². The average Bonchev–Trinajstić information content (AvgIpc) is 2.63. The van der Waals surface area contributed by atoms with E-state index in [0.29, 0.717) is 0 Å². The van der Waals surface area contributed by atoms with E-state index in [-0.39, 0.29) is 6.29 Å². The quantitative estimate of drug-likeness (QED) is 0.122. The Labute approximate surface area is 166 Å². The van der Waals surface area contributed by atoms with Crippen molar-refractivity contribution in [1.29, 1.82) is 0 Å². The van der Waals surface area contributed by atoms with E-state index in [1.54, 1.807) is 0 Å². The summed E-state index contributed by atoms with van der Waals surface area (Å²) in [6.07, 6.45) is -7.35. The molecule has 29 heavy (non-hydrogen) atoms. The minimum absolute atomic E-state index is 0.00117. The molecule has 0 aliphatic heterocycles. The summed E-state index contributed by atoms with van der Waals surface area (Å²) in [6.45, 7) is 4.91. The summed E-state index contributed by atoms with van der Waals surface area (Å²) >= 11 is 0. The van der Waals surface area contributed by atoms with Crippen LogP contribution in [-0.2, 0) is 38.2 Å². The molecule has 166 valence electrons. The highest BCUT2D eigenvalue weighted by atomic mass is 16.6. The number of ether oxygens (including phenoxy) is 2. The van der Waals surface area contributed by atoms with E-state index in [0.717, 1.165) is 13.8 Å². The average molecular weight is 422 g/mol. The van der Waals surface area contributed by atoms with Gasteiger partial charge in [-0.25, -0.2) is 4.79 Å². The van der Waals surface area contributed by atoms with E-state index in [1.165, 1.54) is 20.8 Å². The molecule has 0 spiro atoms. The van der Waals surface area contributed by atoms with E-state index >= 15 is 0 Å². The number of esters is 2. The van der Waals surface area contributed by atoms with Crippen molar-refractivity contribution in [1.82, 2.24) is 0 Å². The van der Waals surface area contributed by atoms with Crippen LogP contribution < -0.4 is 0 Å². The van der Waals surface area contributed by atoms with Crippen molar-refractivity contribution in [3.8, 4) is 0 Å². The Hall–Kier alpha value is -2.54. The van der Waals surface area contributed by atoms with Crippen LogP contribution in [0.15, 0.2) is 0 Å². The van der Waals surface area contributed by atoms with Gasteiger partial charge in [-0.05, 0) is 20.8 Å². The third-order valence-electron chi connectivity index (χ3n) is 3.62. The fourth-order valence-corrected chi connectivity index (χ4v) is 1.59. The first-order valence-corrected chi connectivity index (χ1v) is 8.19. The SMILES string of the molecule is CC(=O)C(=O)O[C@@H](C=O)[C@@H](O)[C@H](O)[C@H](O)CO.CC(=O)OC(C)(C(C)=O)C(C)=O. The lowest BCUT2D eigenvalue weighted by molar-refractivity contribution is -0.170. The second-order valence-corrected chi connectivity index (χ2v) is 6.03. The molecule has 0 aliphatic rings. The van der Waals surface area contributed by atoms with Crippen LogP contribution in [0.4, 0.5) is 0 Å². The highest BCUT2D eigenvalue weighted by Crippen LogP contribution is 2.13. The maximum absolute atomic E-state index is 10.9. The molecule has 0 heterocycles. The molecule has 0 aromatic rings. The van der Waals surface area contributed by atoms with Gasteiger partial charge in [0.05, 0.1) is 6.61 Å². The van der Waals surface area contributed by atoms with Gasteiger partial charge < -0.3 is 29.9 Å². The van der Waals surface area contributed by atoms with Crippen molar-refractivity contribution >= 4 is 35.6 Å². The summed E-state index contributed by atoms with van der Waals surface area (Å²) in [5.74, 6) is -3.91. The molecule has 0 fully saturated rings. The minimum Gasteiger partial charge on any atom is -0.446 e. The summed E-state index contributed by atoms with van der Waals surface area (Å²) in [5, 5.41) is 36.1.